The van der Waals surface area contributed by atoms with Gasteiger partial charge in [0.05, 0.1) is 12.1 Å². The first-order chi connectivity index (χ1) is 9.58. The number of benzene rings is 2. The molecule has 0 unspecified atom stereocenters. The lowest BCUT2D eigenvalue weighted by Gasteiger charge is -2.20. The second-order valence-corrected chi connectivity index (χ2v) is 4.63. The van der Waals surface area contributed by atoms with Gasteiger partial charge >= 0.3 is 0 Å². The van der Waals surface area contributed by atoms with Crippen molar-refractivity contribution in [1.29, 1.82) is 0 Å². The summed E-state index contributed by atoms with van der Waals surface area (Å²) in [6.45, 7) is 1.70. The summed E-state index contributed by atoms with van der Waals surface area (Å²) in [6.07, 6.45) is -0.811. The number of aliphatic hydroxyl groups excluding tert-OH is 1. The molecule has 0 saturated carbocycles. The smallest absolute Gasteiger partial charge is 0.251 e. The highest BCUT2D eigenvalue weighted by Crippen LogP contribution is 2.16. The summed E-state index contributed by atoms with van der Waals surface area (Å²) in [4.78, 5) is 12.0. The number of hydrogen-bond donors (Lipinski definition) is 2. The van der Waals surface area contributed by atoms with Gasteiger partial charge in [-0.05, 0) is 30.7 Å². The summed E-state index contributed by atoms with van der Waals surface area (Å²) < 4.78 is 13.1. The molecule has 0 spiro atoms. The summed E-state index contributed by atoms with van der Waals surface area (Å²) in [6, 6.07) is 14.0. The molecule has 0 radical (unpaired) electrons. The van der Waals surface area contributed by atoms with Crippen molar-refractivity contribution in [2.45, 2.75) is 19.1 Å². The predicted molar refractivity (Wildman–Crippen MR) is 74.7 cm³/mol. The number of amides is 1. The second-order valence-electron chi connectivity index (χ2n) is 4.63. The van der Waals surface area contributed by atoms with Gasteiger partial charge in [-0.1, -0.05) is 36.4 Å². The molecule has 0 fully saturated rings. The highest BCUT2D eigenvalue weighted by Gasteiger charge is 2.18. The topological polar surface area (TPSA) is 49.3 Å². The van der Waals surface area contributed by atoms with Crippen molar-refractivity contribution in [3.63, 3.8) is 0 Å². The lowest BCUT2D eigenvalue weighted by Crippen LogP contribution is -2.37. The van der Waals surface area contributed by atoms with Crippen LogP contribution >= 0.6 is 0 Å². The summed E-state index contributed by atoms with van der Waals surface area (Å²) in [7, 11) is 0. The molecule has 4 heteroatoms. The molecule has 0 aliphatic carbocycles. The van der Waals surface area contributed by atoms with Gasteiger partial charge in [-0.3, -0.25) is 4.79 Å². The van der Waals surface area contributed by atoms with Crippen LogP contribution in [0.4, 0.5) is 4.39 Å². The number of rotatable bonds is 4. The van der Waals surface area contributed by atoms with Crippen LogP contribution < -0.4 is 5.32 Å². The van der Waals surface area contributed by atoms with Gasteiger partial charge in [0.1, 0.15) is 5.82 Å². The minimum Gasteiger partial charge on any atom is -0.386 e. The number of carbonyl (C=O) groups is 1. The zero-order chi connectivity index (χ0) is 14.5. The SMILES string of the molecule is C[C@H](NC(=O)c1cccc(F)c1)[C@H](O)c1ccccc1. The molecular weight excluding hydrogens is 257 g/mol. The molecule has 2 atom stereocenters. The molecule has 2 rings (SSSR count). The molecule has 1 amide bonds. The van der Waals surface area contributed by atoms with E-state index in [9.17, 15) is 14.3 Å². The molecule has 104 valence electrons. The van der Waals surface area contributed by atoms with E-state index in [2.05, 4.69) is 5.32 Å². The van der Waals surface area contributed by atoms with Gasteiger partial charge in [-0.15, -0.1) is 0 Å². The van der Waals surface area contributed by atoms with Gasteiger partial charge in [-0.2, -0.15) is 0 Å². The summed E-state index contributed by atoms with van der Waals surface area (Å²) >= 11 is 0. The van der Waals surface area contributed by atoms with Crippen molar-refractivity contribution < 1.29 is 14.3 Å². The Morgan fingerprint density at radius 2 is 1.85 bits per heavy atom. The Morgan fingerprint density at radius 3 is 2.50 bits per heavy atom. The highest BCUT2D eigenvalue weighted by atomic mass is 19.1. The van der Waals surface area contributed by atoms with Crippen LogP contribution in [0.5, 0.6) is 0 Å². The molecule has 0 bridgehead atoms. The fourth-order valence-corrected chi connectivity index (χ4v) is 1.94. The van der Waals surface area contributed by atoms with E-state index in [1.807, 2.05) is 18.2 Å². The fourth-order valence-electron chi connectivity index (χ4n) is 1.94. The van der Waals surface area contributed by atoms with Crippen LogP contribution in [0.15, 0.2) is 54.6 Å². The Morgan fingerprint density at radius 1 is 1.15 bits per heavy atom. The highest BCUT2D eigenvalue weighted by molar-refractivity contribution is 5.94. The molecule has 0 aliphatic heterocycles. The van der Waals surface area contributed by atoms with E-state index >= 15 is 0 Å². The summed E-state index contributed by atoms with van der Waals surface area (Å²) in [5.74, 6) is -0.874. The van der Waals surface area contributed by atoms with Crippen LogP contribution in [-0.4, -0.2) is 17.1 Å². The predicted octanol–water partition coefficient (Wildman–Crippen LogP) is 2.68. The lowest BCUT2D eigenvalue weighted by atomic mass is 10.0. The van der Waals surface area contributed by atoms with Gasteiger partial charge in [0, 0.05) is 5.56 Å². The quantitative estimate of drug-likeness (QED) is 0.899. The van der Waals surface area contributed by atoms with Crippen LogP contribution in [0.1, 0.15) is 28.9 Å². The molecule has 3 nitrogen and oxygen atoms in total. The maximum atomic E-state index is 13.1. The number of nitrogens with one attached hydrogen (secondary N) is 1. The van der Waals surface area contributed by atoms with Crippen molar-refractivity contribution in [3.8, 4) is 0 Å². The minimum absolute atomic E-state index is 0.233. The molecule has 0 aliphatic rings. The van der Waals surface area contributed by atoms with Crippen LogP contribution in [0.3, 0.4) is 0 Å². The standard InChI is InChI=1S/C16H16FNO2/c1-11(15(19)12-6-3-2-4-7-12)18-16(20)13-8-5-9-14(17)10-13/h2-11,15,19H,1H3,(H,18,20)/t11-,15-/m0/s1. The van der Waals surface area contributed by atoms with E-state index in [1.165, 1.54) is 18.2 Å². The van der Waals surface area contributed by atoms with Crippen LogP contribution in [0.2, 0.25) is 0 Å². The molecule has 0 saturated heterocycles. The third kappa shape index (κ3) is 3.42. The third-order valence-electron chi connectivity index (χ3n) is 3.06. The minimum atomic E-state index is -0.811. The number of halogens is 1. The Kier molecular flexibility index (Phi) is 4.48. The molecule has 2 aromatic carbocycles. The van der Waals surface area contributed by atoms with E-state index in [0.29, 0.717) is 0 Å². The van der Waals surface area contributed by atoms with Crippen molar-refractivity contribution >= 4 is 5.91 Å². The van der Waals surface area contributed by atoms with E-state index in [0.717, 1.165) is 11.6 Å². The van der Waals surface area contributed by atoms with Gasteiger partial charge < -0.3 is 10.4 Å². The Balaban J connectivity index is 2.04. The van der Waals surface area contributed by atoms with Crippen molar-refractivity contribution in [2.24, 2.45) is 0 Å². The van der Waals surface area contributed by atoms with E-state index in [-0.39, 0.29) is 5.56 Å². The zero-order valence-electron chi connectivity index (χ0n) is 11.1. The van der Waals surface area contributed by atoms with Crippen molar-refractivity contribution in [2.75, 3.05) is 0 Å². The first-order valence-electron chi connectivity index (χ1n) is 6.37. The molecule has 2 aromatic rings. The molecule has 20 heavy (non-hydrogen) atoms. The fraction of sp³-hybridized carbons (Fsp3) is 0.188. The Hall–Kier alpha value is -2.20. The van der Waals surface area contributed by atoms with Gasteiger partial charge in [0.15, 0.2) is 0 Å². The van der Waals surface area contributed by atoms with E-state index < -0.39 is 23.9 Å². The number of hydrogen-bond acceptors (Lipinski definition) is 2. The number of aliphatic hydroxyl groups is 1. The van der Waals surface area contributed by atoms with Gasteiger partial charge in [-0.25, -0.2) is 4.39 Å². The third-order valence-corrected chi connectivity index (χ3v) is 3.06. The summed E-state index contributed by atoms with van der Waals surface area (Å²) in [5.41, 5.74) is 0.955. The Labute approximate surface area is 117 Å². The van der Waals surface area contributed by atoms with Crippen LogP contribution in [0.25, 0.3) is 0 Å². The van der Waals surface area contributed by atoms with Crippen LogP contribution in [0, 0.1) is 5.82 Å². The maximum absolute atomic E-state index is 13.1. The maximum Gasteiger partial charge on any atom is 0.251 e. The first kappa shape index (κ1) is 14.2. The monoisotopic (exact) mass is 273 g/mol. The van der Waals surface area contributed by atoms with Crippen LogP contribution in [-0.2, 0) is 0 Å². The summed E-state index contributed by atoms with van der Waals surface area (Å²) in [5, 5.41) is 12.8. The largest absolute Gasteiger partial charge is 0.386 e. The second kappa shape index (κ2) is 6.30. The average molecular weight is 273 g/mol. The lowest BCUT2D eigenvalue weighted by molar-refractivity contribution is 0.0851. The first-order valence-corrected chi connectivity index (χ1v) is 6.37. The number of carbonyl (C=O) groups excluding carboxylic acids is 1. The van der Waals surface area contributed by atoms with Gasteiger partial charge in [0.25, 0.3) is 5.91 Å². The van der Waals surface area contributed by atoms with E-state index in [4.69, 9.17) is 0 Å². The molecular formula is C16H16FNO2. The molecule has 0 heterocycles. The zero-order valence-corrected chi connectivity index (χ0v) is 11.1. The average Bonchev–Trinajstić information content (AvgIpc) is 2.47. The molecule has 2 N–H and O–H groups in total. The van der Waals surface area contributed by atoms with Crippen molar-refractivity contribution in [3.05, 3.63) is 71.5 Å². The molecule has 0 aromatic heterocycles. The van der Waals surface area contributed by atoms with Gasteiger partial charge in [0.2, 0.25) is 0 Å². The van der Waals surface area contributed by atoms with E-state index in [1.54, 1.807) is 19.1 Å². The normalized spacial score (nSPS) is 13.6. The van der Waals surface area contributed by atoms with Crippen molar-refractivity contribution in [1.82, 2.24) is 5.32 Å². The Bertz CT molecular complexity index is 586.